The van der Waals surface area contributed by atoms with Gasteiger partial charge in [-0.05, 0) is 37.1 Å². The number of aromatic nitrogens is 4. The second kappa shape index (κ2) is 7.81. The molecule has 1 aliphatic heterocycles. The van der Waals surface area contributed by atoms with Crippen LogP contribution in [0.2, 0.25) is 0 Å². The average molecular weight is 420 g/mol. The van der Waals surface area contributed by atoms with Gasteiger partial charge in [-0.3, -0.25) is 4.79 Å². The number of rotatable bonds is 4. The van der Waals surface area contributed by atoms with Crippen molar-refractivity contribution in [3.05, 3.63) is 42.2 Å². The summed E-state index contributed by atoms with van der Waals surface area (Å²) in [5, 5.41) is 13.7. The van der Waals surface area contributed by atoms with Gasteiger partial charge in [0, 0.05) is 24.8 Å². The van der Waals surface area contributed by atoms with Gasteiger partial charge in [-0.1, -0.05) is 6.07 Å². The molecule has 11 heteroatoms. The van der Waals surface area contributed by atoms with E-state index in [1.54, 1.807) is 42.3 Å². The Hall–Kier alpha value is -3.37. The van der Waals surface area contributed by atoms with Crippen molar-refractivity contribution in [2.45, 2.75) is 19.0 Å². The molecule has 1 saturated heterocycles. The second-order valence-electron chi connectivity index (χ2n) is 6.99. The lowest BCUT2D eigenvalue weighted by atomic mass is 9.97. The Morgan fingerprint density at radius 2 is 2.07 bits per heavy atom. The van der Waals surface area contributed by atoms with Gasteiger partial charge in [-0.25, -0.2) is 0 Å². The second-order valence-corrected chi connectivity index (χ2v) is 6.99. The van der Waals surface area contributed by atoms with Crippen molar-refractivity contribution in [1.29, 1.82) is 0 Å². The van der Waals surface area contributed by atoms with Crippen LogP contribution in [0, 0.1) is 5.92 Å². The molecule has 1 amide bonds. The van der Waals surface area contributed by atoms with Crippen LogP contribution < -0.4 is 15.0 Å². The molecule has 1 atom stereocenters. The number of nitrogens with zero attached hydrogens (tertiary/aromatic N) is 5. The van der Waals surface area contributed by atoms with Crippen molar-refractivity contribution in [3.63, 3.8) is 0 Å². The third-order valence-electron chi connectivity index (χ3n) is 4.96. The minimum absolute atomic E-state index is 0.00963. The number of hydrogen-bond donors (Lipinski definition) is 1. The van der Waals surface area contributed by atoms with E-state index < -0.39 is 12.0 Å². The Bertz CT molecular complexity index is 1070. The highest BCUT2D eigenvalue weighted by atomic mass is 19.4. The van der Waals surface area contributed by atoms with E-state index >= 15 is 0 Å². The molecular weight excluding hydrogens is 401 g/mol. The number of carbonyl (C=O) groups excluding carboxylic acids is 1. The molecular formula is C19H19F3N6O2. The number of nitrogens with one attached hydrogen (secondary N) is 1. The molecule has 0 radical (unpaired) electrons. The number of carbonyl (C=O) groups is 1. The molecule has 8 nitrogen and oxygen atoms in total. The quantitative estimate of drug-likeness (QED) is 0.699. The summed E-state index contributed by atoms with van der Waals surface area (Å²) >= 11 is 0. The van der Waals surface area contributed by atoms with Crippen LogP contribution in [0.15, 0.2) is 36.4 Å². The van der Waals surface area contributed by atoms with Gasteiger partial charge in [0.05, 0.1) is 13.0 Å². The van der Waals surface area contributed by atoms with E-state index in [2.05, 4.69) is 20.6 Å². The van der Waals surface area contributed by atoms with Crippen LogP contribution in [0.5, 0.6) is 5.75 Å². The summed E-state index contributed by atoms with van der Waals surface area (Å²) in [7, 11) is 1.55. The van der Waals surface area contributed by atoms with Gasteiger partial charge >= 0.3 is 6.18 Å². The largest absolute Gasteiger partial charge is 0.497 e. The van der Waals surface area contributed by atoms with Gasteiger partial charge in [0.15, 0.2) is 5.65 Å². The molecule has 1 N–H and O–H groups in total. The van der Waals surface area contributed by atoms with Crippen LogP contribution in [-0.4, -0.2) is 45.9 Å². The first-order valence-corrected chi connectivity index (χ1v) is 9.34. The molecule has 1 aromatic carbocycles. The molecule has 0 saturated carbocycles. The summed E-state index contributed by atoms with van der Waals surface area (Å²) in [6, 6.07) is 10.1. The van der Waals surface area contributed by atoms with Gasteiger partial charge in [-0.2, -0.15) is 17.7 Å². The van der Waals surface area contributed by atoms with Crippen LogP contribution in [0.3, 0.4) is 0 Å². The highest BCUT2D eigenvalue weighted by Gasteiger charge is 2.38. The number of methoxy groups -OCH3 is 1. The summed E-state index contributed by atoms with van der Waals surface area (Å²) in [5.74, 6) is -0.694. The fourth-order valence-corrected chi connectivity index (χ4v) is 3.47. The standard InChI is InChI=1S/C19H19F3N6O2/c1-30-14-6-2-5-13(10-14)23-17(29)12-4-3-9-27(11-12)16-8-7-15-24-25-18(19(20,21)22)28(15)26-16/h2,5-8,10,12H,3-4,9,11H2,1H3,(H,23,29)/t12-/m0/s1. The minimum atomic E-state index is -4.66. The van der Waals surface area contributed by atoms with Crippen molar-refractivity contribution in [3.8, 4) is 5.75 Å². The van der Waals surface area contributed by atoms with Crippen molar-refractivity contribution in [1.82, 2.24) is 19.8 Å². The molecule has 3 aromatic rings. The molecule has 0 aliphatic carbocycles. The van der Waals surface area contributed by atoms with Crippen LogP contribution in [0.4, 0.5) is 24.7 Å². The summed E-state index contributed by atoms with van der Waals surface area (Å²) in [5.41, 5.74) is 0.630. The van der Waals surface area contributed by atoms with E-state index in [1.165, 1.54) is 6.07 Å². The number of amides is 1. The summed E-state index contributed by atoms with van der Waals surface area (Å²) in [4.78, 5) is 14.5. The van der Waals surface area contributed by atoms with E-state index in [-0.39, 0.29) is 17.5 Å². The molecule has 158 valence electrons. The number of alkyl halides is 3. The highest BCUT2D eigenvalue weighted by molar-refractivity contribution is 5.93. The lowest BCUT2D eigenvalue weighted by molar-refractivity contribution is -0.146. The fourth-order valence-electron chi connectivity index (χ4n) is 3.47. The Balaban J connectivity index is 1.51. The first-order chi connectivity index (χ1) is 14.3. The van der Waals surface area contributed by atoms with E-state index in [1.807, 2.05) is 0 Å². The maximum atomic E-state index is 13.1. The van der Waals surface area contributed by atoms with E-state index in [0.717, 1.165) is 0 Å². The van der Waals surface area contributed by atoms with Gasteiger partial charge in [0.25, 0.3) is 5.82 Å². The number of ether oxygens (including phenoxy) is 1. The zero-order valence-corrected chi connectivity index (χ0v) is 16.1. The molecule has 4 rings (SSSR count). The fraction of sp³-hybridized carbons (Fsp3) is 0.368. The van der Waals surface area contributed by atoms with E-state index in [9.17, 15) is 18.0 Å². The monoisotopic (exact) mass is 420 g/mol. The molecule has 3 heterocycles. The topological polar surface area (TPSA) is 84.6 Å². The maximum absolute atomic E-state index is 13.1. The number of piperidine rings is 1. The van der Waals surface area contributed by atoms with Gasteiger partial charge in [-0.15, -0.1) is 15.3 Å². The lowest BCUT2D eigenvalue weighted by Gasteiger charge is -2.32. The predicted molar refractivity (Wildman–Crippen MR) is 102 cm³/mol. The lowest BCUT2D eigenvalue weighted by Crippen LogP contribution is -2.41. The predicted octanol–water partition coefficient (Wildman–Crippen LogP) is 3.01. The number of fused-ring (bicyclic) bond motifs is 1. The molecule has 2 aromatic heterocycles. The van der Waals surface area contributed by atoms with Crippen LogP contribution >= 0.6 is 0 Å². The summed E-state index contributed by atoms with van der Waals surface area (Å²) < 4.78 is 45.2. The van der Waals surface area contributed by atoms with Crippen LogP contribution in [0.25, 0.3) is 5.65 Å². The SMILES string of the molecule is COc1cccc(NC(=O)[C@H]2CCCN(c3ccc4nnc(C(F)(F)F)n4n3)C2)c1. The summed E-state index contributed by atoms with van der Waals surface area (Å²) in [6.45, 7) is 0.933. The first-order valence-electron chi connectivity index (χ1n) is 9.34. The van der Waals surface area contributed by atoms with Gasteiger partial charge < -0.3 is 15.0 Å². The molecule has 1 aliphatic rings. The number of anilines is 2. The Morgan fingerprint density at radius 3 is 2.83 bits per heavy atom. The highest BCUT2D eigenvalue weighted by Crippen LogP contribution is 2.29. The van der Waals surface area contributed by atoms with E-state index in [0.29, 0.717) is 47.7 Å². The Labute approximate surface area is 169 Å². The Morgan fingerprint density at radius 1 is 1.23 bits per heavy atom. The third kappa shape index (κ3) is 4.00. The third-order valence-corrected chi connectivity index (χ3v) is 4.96. The van der Waals surface area contributed by atoms with Gasteiger partial charge in [0.2, 0.25) is 5.91 Å². The van der Waals surface area contributed by atoms with Crippen molar-refractivity contribution in [2.24, 2.45) is 5.92 Å². The molecule has 1 fully saturated rings. The molecule has 30 heavy (non-hydrogen) atoms. The van der Waals surface area contributed by atoms with Crippen molar-refractivity contribution < 1.29 is 22.7 Å². The average Bonchev–Trinajstić information content (AvgIpc) is 3.18. The van der Waals surface area contributed by atoms with Crippen molar-refractivity contribution in [2.75, 3.05) is 30.4 Å². The van der Waals surface area contributed by atoms with Crippen LogP contribution in [0.1, 0.15) is 18.7 Å². The summed E-state index contributed by atoms with van der Waals surface area (Å²) in [6.07, 6.45) is -3.27. The molecule has 0 spiro atoms. The zero-order chi connectivity index (χ0) is 21.3. The number of hydrogen-bond acceptors (Lipinski definition) is 6. The minimum Gasteiger partial charge on any atom is -0.497 e. The van der Waals surface area contributed by atoms with Gasteiger partial charge in [0.1, 0.15) is 11.6 Å². The maximum Gasteiger partial charge on any atom is 0.453 e. The number of benzene rings is 1. The van der Waals surface area contributed by atoms with Crippen molar-refractivity contribution >= 4 is 23.1 Å². The smallest absolute Gasteiger partial charge is 0.453 e. The first kappa shape index (κ1) is 19.9. The molecule has 0 unspecified atom stereocenters. The Kier molecular flexibility index (Phi) is 5.18. The normalized spacial score (nSPS) is 17.2. The van der Waals surface area contributed by atoms with E-state index in [4.69, 9.17) is 4.74 Å². The zero-order valence-electron chi connectivity index (χ0n) is 16.1. The van der Waals surface area contributed by atoms with Crippen LogP contribution in [-0.2, 0) is 11.0 Å². The molecule has 0 bridgehead atoms. The number of halogens is 3.